The van der Waals surface area contributed by atoms with Gasteiger partial charge in [-0.05, 0) is 19.8 Å². The van der Waals surface area contributed by atoms with Gasteiger partial charge in [-0.2, -0.15) is 5.26 Å². The lowest BCUT2D eigenvalue weighted by Crippen LogP contribution is -2.32. The molecule has 0 aromatic carbocycles. The van der Waals surface area contributed by atoms with Crippen molar-refractivity contribution in [2.75, 3.05) is 6.61 Å². The highest BCUT2D eigenvalue weighted by molar-refractivity contribution is 5.15. The summed E-state index contributed by atoms with van der Waals surface area (Å²) in [4.78, 5) is 0. The van der Waals surface area contributed by atoms with Crippen LogP contribution in [0.4, 0.5) is 0 Å². The molecule has 3 atom stereocenters. The Bertz CT molecular complexity index is 201. The summed E-state index contributed by atoms with van der Waals surface area (Å²) in [6, 6.07) is 2.11. The lowest BCUT2D eigenvalue weighted by Gasteiger charge is -2.23. The van der Waals surface area contributed by atoms with Crippen LogP contribution in [-0.2, 0) is 9.47 Å². The minimum atomic E-state index is -0.207. The van der Waals surface area contributed by atoms with Crippen LogP contribution in [0, 0.1) is 11.3 Å². The van der Waals surface area contributed by atoms with E-state index < -0.39 is 0 Å². The van der Waals surface area contributed by atoms with Gasteiger partial charge in [-0.3, -0.25) is 0 Å². The molecule has 2 heterocycles. The minimum absolute atomic E-state index is 0.199. The van der Waals surface area contributed by atoms with E-state index in [0.29, 0.717) is 12.7 Å². The monoisotopic (exact) mass is 153 g/mol. The summed E-state index contributed by atoms with van der Waals surface area (Å²) in [7, 11) is 0. The van der Waals surface area contributed by atoms with Crippen molar-refractivity contribution in [3.05, 3.63) is 0 Å². The van der Waals surface area contributed by atoms with E-state index in [0.717, 1.165) is 12.8 Å². The van der Waals surface area contributed by atoms with E-state index in [1.807, 2.05) is 0 Å². The highest BCUT2D eigenvalue weighted by Gasteiger charge is 2.58. The fourth-order valence-electron chi connectivity index (χ4n) is 1.53. The molecule has 0 aromatic heterocycles. The molecule has 0 aromatic rings. The molecule has 3 nitrogen and oxygen atoms in total. The van der Waals surface area contributed by atoms with Gasteiger partial charge in [0.05, 0.1) is 18.8 Å². The van der Waals surface area contributed by atoms with Crippen LogP contribution < -0.4 is 0 Å². The van der Waals surface area contributed by atoms with Crippen molar-refractivity contribution in [2.45, 2.75) is 37.6 Å². The molecule has 3 heteroatoms. The molecule has 0 N–H and O–H groups in total. The van der Waals surface area contributed by atoms with E-state index >= 15 is 0 Å². The lowest BCUT2D eigenvalue weighted by molar-refractivity contribution is -0.0188. The highest BCUT2D eigenvalue weighted by Crippen LogP contribution is 2.43. The van der Waals surface area contributed by atoms with E-state index in [1.165, 1.54) is 0 Å². The molecule has 2 rings (SSSR count). The fourth-order valence-corrected chi connectivity index (χ4v) is 1.53. The van der Waals surface area contributed by atoms with Crippen molar-refractivity contribution in [2.24, 2.45) is 0 Å². The lowest BCUT2D eigenvalue weighted by atomic mass is 9.96. The molecule has 11 heavy (non-hydrogen) atoms. The Morgan fingerprint density at radius 2 is 2.45 bits per heavy atom. The van der Waals surface area contributed by atoms with E-state index in [9.17, 15) is 0 Å². The summed E-state index contributed by atoms with van der Waals surface area (Å²) < 4.78 is 10.7. The summed E-state index contributed by atoms with van der Waals surface area (Å²) in [6.45, 7) is 2.66. The summed E-state index contributed by atoms with van der Waals surface area (Å²) in [5.41, 5.74) is -0.207. The standard InChI is InChI=1S/C8H11NO2/c1-6-2-3-8(5-10-6)7(4-9)11-8/h6-7H,2-3,5H2,1H3. The number of hydrogen-bond donors (Lipinski definition) is 0. The Balaban J connectivity index is 1.95. The summed E-state index contributed by atoms with van der Waals surface area (Å²) in [5.74, 6) is 0. The van der Waals surface area contributed by atoms with Gasteiger partial charge in [0.2, 0.25) is 0 Å². The van der Waals surface area contributed by atoms with Gasteiger partial charge in [0.1, 0.15) is 5.60 Å². The highest BCUT2D eigenvalue weighted by atomic mass is 16.6. The fraction of sp³-hybridized carbons (Fsp3) is 0.875. The zero-order valence-corrected chi connectivity index (χ0v) is 6.54. The molecule has 2 fully saturated rings. The molecule has 1 spiro atoms. The Morgan fingerprint density at radius 1 is 1.64 bits per heavy atom. The maximum Gasteiger partial charge on any atom is 0.176 e. The molecule has 0 bridgehead atoms. The molecule has 60 valence electrons. The Kier molecular flexibility index (Phi) is 1.41. The molecule has 0 amide bonds. The van der Waals surface area contributed by atoms with Crippen LogP contribution in [0.1, 0.15) is 19.8 Å². The van der Waals surface area contributed by atoms with Gasteiger partial charge in [0.15, 0.2) is 6.10 Å². The van der Waals surface area contributed by atoms with E-state index in [1.54, 1.807) is 0 Å². The average Bonchev–Trinajstić information content (AvgIpc) is 2.71. The molecule has 2 saturated heterocycles. The van der Waals surface area contributed by atoms with Gasteiger partial charge in [-0.15, -0.1) is 0 Å². The Morgan fingerprint density at radius 3 is 2.91 bits per heavy atom. The topological polar surface area (TPSA) is 45.5 Å². The molecule has 0 aliphatic carbocycles. The van der Waals surface area contributed by atoms with Crippen LogP contribution in [0.25, 0.3) is 0 Å². The molecule has 2 aliphatic heterocycles. The van der Waals surface area contributed by atoms with Crippen LogP contribution in [0.15, 0.2) is 0 Å². The first kappa shape index (κ1) is 7.08. The SMILES string of the molecule is CC1CCC2(CO1)OC2C#N. The second kappa shape index (κ2) is 2.20. The third-order valence-corrected chi connectivity index (χ3v) is 2.48. The predicted molar refractivity (Wildman–Crippen MR) is 37.9 cm³/mol. The van der Waals surface area contributed by atoms with Crippen molar-refractivity contribution in [3.8, 4) is 6.07 Å². The third-order valence-electron chi connectivity index (χ3n) is 2.48. The van der Waals surface area contributed by atoms with Crippen LogP contribution in [0.5, 0.6) is 0 Å². The van der Waals surface area contributed by atoms with Crippen molar-refractivity contribution in [1.82, 2.24) is 0 Å². The van der Waals surface area contributed by atoms with Gasteiger partial charge in [-0.1, -0.05) is 0 Å². The number of epoxide rings is 1. The first-order valence-electron chi connectivity index (χ1n) is 3.96. The normalized spacial score (nSPS) is 48.7. The van der Waals surface area contributed by atoms with E-state index in [-0.39, 0.29) is 11.7 Å². The zero-order valence-electron chi connectivity index (χ0n) is 6.54. The molecular weight excluding hydrogens is 142 g/mol. The average molecular weight is 153 g/mol. The maximum absolute atomic E-state index is 8.56. The summed E-state index contributed by atoms with van der Waals surface area (Å²) in [6.07, 6.45) is 2.13. The minimum Gasteiger partial charge on any atom is -0.375 e. The van der Waals surface area contributed by atoms with Gasteiger partial charge < -0.3 is 9.47 Å². The smallest absolute Gasteiger partial charge is 0.176 e. The van der Waals surface area contributed by atoms with Crippen molar-refractivity contribution in [3.63, 3.8) is 0 Å². The molecule has 3 unspecified atom stereocenters. The van der Waals surface area contributed by atoms with Crippen LogP contribution >= 0.6 is 0 Å². The second-order valence-corrected chi connectivity index (χ2v) is 3.35. The van der Waals surface area contributed by atoms with Crippen LogP contribution in [-0.4, -0.2) is 24.4 Å². The van der Waals surface area contributed by atoms with Gasteiger partial charge in [-0.25, -0.2) is 0 Å². The van der Waals surface area contributed by atoms with Crippen molar-refractivity contribution in [1.29, 1.82) is 5.26 Å². The van der Waals surface area contributed by atoms with E-state index in [4.69, 9.17) is 14.7 Å². The zero-order chi connectivity index (χ0) is 7.90. The first-order chi connectivity index (χ1) is 5.27. The number of hydrogen-bond acceptors (Lipinski definition) is 3. The number of ether oxygens (including phenoxy) is 2. The number of rotatable bonds is 0. The summed E-state index contributed by atoms with van der Waals surface area (Å²) >= 11 is 0. The molecule has 2 aliphatic rings. The quantitative estimate of drug-likeness (QED) is 0.484. The summed E-state index contributed by atoms with van der Waals surface area (Å²) in [5, 5.41) is 8.56. The second-order valence-electron chi connectivity index (χ2n) is 3.35. The maximum atomic E-state index is 8.56. The van der Waals surface area contributed by atoms with Gasteiger partial charge in [0, 0.05) is 0 Å². The number of nitriles is 1. The Labute approximate surface area is 65.9 Å². The van der Waals surface area contributed by atoms with Gasteiger partial charge >= 0.3 is 0 Å². The van der Waals surface area contributed by atoms with Crippen LogP contribution in [0.3, 0.4) is 0 Å². The molecule has 0 radical (unpaired) electrons. The largest absolute Gasteiger partial charge is 0.375 e. The van der Waals surface area contributed by atoms with Crippen LogP contribution in [0.2, 0.25) is 0 Å². The molecular formula is C8H11NO2. The molecule has 0 saturated carbocycles. The first-order valence-corrected chi connectivity index (χ1v) is 3.96. The predicted octanol–water partition coefficient (Wildman–Crippen LogP) is 0.846. The third kappa shape index (κ3) is 1.03. The van der Waals surface area contributed by atoms with E-state index in [2.05, 4.69) is 13.0 Å². The number of nitrogens with zero attached hydrogens (tertiary/aromatic N) is 1. The van der Waals surface area contributed by atoms with Gasteiger partial charge in [0.25, 0.3) is 0 Å². The Hall–Kier alpha value is -0.590. The van der Waals surface area contributed by atoms with Crippen molar-refractivity contribution >= 4 is 0 Å². The van der Waals surface area contributed by atoms with Crippen molar-refractivity contribution < 1.29 is 9.47 Å².